The number of ether oxygens (including phenoxy) is 1. The lowest BCUT2D eigenvalue weighted by atomic mass is 9.51. The second-order valence-electron chi connectivity index (χ2n) is 8.82. The normalized spacial score (nSPS) is 25.7. The number of guanidine groups is 1. The molecule has 29 heavy (non-hydrogen) atoms. The molecule has 2 aliphatic carbocycles. The van der Waals surface area contributed by atoms with E-state index in [-0.39, 0.29) is 0 Å². The van der Waals surface area contributed by atoms with E-state index in [1.165, 1.54) is 44.3 Å². The van der Waals surface area contributed by atoms with Crippen molar-refractivity contribution in [2.45, 2.75) is 96.7 Å². The largest absolute Gasteiger partial charge is 0.378 e. The molecule has 162 valence electrons. The summed E-state index contributed by atoms with van der Waals surface area (Å²) >= 11 is 0. The monoisotopic (exact) mass is 402 g/mol. The Bertz CT molecular complexity index is 695. The summed E-state index contributed by atoms with van der Waals surface area (Å²) in [7, 11) is 0. The maximum absolute atomic E-state index is 5.99. The zero-order chi connectivity index (χ0) is 20.1. The molecule has 7 heteroatoms. The summed E-state index contributed by atoms with van der Waals surface area (Å²) in [4.78, 5) is 4.86. The average Bonchev–Trinajstić information content (AvgIpc) is 2.89. The van der Waals surface area contributed by atoms with E-state index in [0.717, 1.165) is 63.7 Å². The molecule has 2 N–H and O–H groups in total. The lowest BCUT2D eigenvalue weighted by molar-refractivity contribution is -0.168. The van der Waals surface area contributed by atoms with Crippen LogP contribution in [0.5, 0.6) is 0 Å². The predicted molar refractivity (Wildman–Crippen MR) is 115 cm³/mol. The Morgan fingerprint density at radius 2 is 2.10 bits per heavy atom. The van der Waals surface area contributed by atoms with E-state index in [9.17, 15) is 0 Å². The summed E-state index contributed by atoms with van der Waals surface area (Å²) < 4.78 is 8.34. The number of nitrogens with zero attached hydrogens (tertiary/aromatic N) is 4. The molecule has 4 rings (SSSR count). The average molecular weight is 403 g/mol. The Balaban J connectivity index is 1.29. The van der Waals surface area contributed by atoms with Gasteiger partial charge >= 0.3 is 0 Å². The molecule has 1 spiro atoms. The fourth-order valence-electron chi connectivity index (χ4n) is 5.28. The fourth-order valence-corrected chi connectivity index (χ4v) is 5.28. The van der Waals surface area contributed by atoms with Crippen LogP contribution in [0.15, 0.2) is 4.99 Å². The molecule has 2 unspecified atom stereocenters. The van der Waals surface area contributed by atoms with E-state index in [0.29, 0.717) is 17.6 Å². The molecule has 0 radical (unpaired) electrons. The topological polar surface area (TPSA) is 76.4 Å². The zero-order valence-electron chi connectivity index (χ0n) is 18.3. The Morgan fingerprint density at radius 3 is 2.86 bits per heavy atom. The molecule has 7 nitrogen and oxygen atoms in total. The maximum Gasteiger partial charge on any atom is 0.191 e. The first-order valence-electron chi connectivity index (χ1n) is 11.8. The number of fused-ring (bicyclic) bond motifs is 1. The summed E-state index contributed by atoms with van der Waals surface area (Å²) in [6.45, 7) is 7.83. The van der Waals surface area contributed by atoms with E-state index in [1.807, 2.05) is 0 Å². The van der Waals surface area contributed by atoms with Gasteiger partial charge in [0, 0.05) is 50.5 Å². The minimum absolute atomic E-state index is 0.352. The first kappa shape index (κ1) is 20.6. The van der Waals surface area contributed by atoms with Crippen LogP contribution in [-0.4, -0.2) is 52.6 Å². The van der Waals surface area contributed by atoms with Gasteiger partial charge in [0.05, 0.1) is 6.10 Å². The lowest BCUT2D eigenvalue weighted by Gasteiger charge is -2.61. The minimum atomic E-state index is 0.352. The molecule has 2 fully saturated rings. The van der Waals surface area contributed by atoms with E-state index >= 15 is 0 Å². The van der Waals surface area contributed by atoms with Crippen molar-refractivity contribution in [1.29, 1.82) is 0 Å². The zero-order valence-corrected chi connectivity index (χ0v) is 18.3. The van der Waals surface area contributed by atoms with Crippen LogP contribution in [0.4, 0.5) is 0 Å². The van der Waals surface area contributed by atoms with Gasteiger partial charge in [0.25, 0.3) is 0 Å². The van der Waals surface area contributed by atoms with Gasteiger partial charge < -0.3 is 19.9 Å². The Kier molecular flexibility index (Phi) is 6.73. The Labute approximate surface area is 175 Å². The van der Waals surface area contributed by atoms with E-state index in [4.69, 9.17) is 9.73 Å². The van der Waals surface area contributed by atoms with Crippen molar-refractivity contribution in [3.63, 3.8) is 0 Å². The first-order valence-corrected chi connectivity index (χ1v) is 11.8. The highest BCUT2D eigenvalue weighted by Gasteiger charge is 2.59. The SMILES string of the molecule is CCNC(=NCCCc1nnc2n1CCCCC2)NC1CC(OCC)C12CCC2. The number of rotatable bonds is 8. The molecular weight excluding hydrogens is 364 g/mol. The highest BCUT2D eigenvalue weighted by Crippen LogP contribution is 2.57. The second kappa shape index (κ2) is 9.45. The molecule has 3 aliphatic rings. The molecule has 0 saturated heterocycles. The quantitative estimate of drug-likeness (QED) is 0.397. The summed E-state index contributed by atoms with van der Waals surface area (Å²) in [5, 5.41) is 16.0. The highest BCUT2D eigenvalue weighted by atomic mass is 16.5. The van der Waals surface area contributed by atoms with Gasteiger partial charge in [0.1, 0.15) is 11.6 Å². The third kappa shape index (κ3) is 4.30. The number of aromatic nitrogens is 3. The fraction of sp³-hybridized carbons (Fsp3) is 0.864. The van der Waals surface area contributed by atoms with Crippen molar-refractivity contribution in [2.24, 2.45) is 10.4 Å². The van der Waals surface area contributed by atoms with Crippen molar-refractivity contribution in [2.75, 3.05) is 19.7 Å². The molecule has 1 aromatic rings. The molecule has 2 heterocycles. The number of aryl methyl sites for hydroxylation is 2. The van der Waals surface area contributed by atoms with Gasteiger partial charge in [-0.3, -0.25) is 4.99 Å². The number of aliphatic imine (C=N–C) groups is 1. The van der Waals surface area contributed by atoms with Gasteiger partial charge in [-0.25, -0.2) is 0 Å². The van der Waals surface area contributed by atoms with Crippen LogP contribution in [0.3, 0.4) is 0 Å². The molecule has 1 aliphatic heterocycles. The third-order valence-corrected chi connectivity index (χ3v) is 7.11. The van der Waals surface area contributed by atoms with Gasteiger partial charge in [0.15, 0.2) is 5.96 Å². The van der Waals surface area contributed by atoms with Crippen LogP contribution >= 0.6 is 0 Å². The van der Waals surface area contributed by atoms with Crippen molar-refractivity contribution < 1.29 is 4.74 Å². The summed E-state index contributed by atoms with van der Waals surface area (Å²) in [5.41, 5.74) is 0.352. The van der Waals surface area contributed by atoms with Gasteiger partial charge in [-0.2, -0.15) is 0 Å². The Hall–Kier alpha value is -1.63. The molecule has 0 aromatic carbocycles. The van der Waals surface area contributed by atoms with Gasteiger partial charge in [-0.05, 0) is 52.4 Å². The molecule has 2 atom stereocenters. The van der Waals surface area contributed by atoms with Crippen molar-refractivity contribution in [3.8, 4) is 0 Å². The van der Waals surface area contributed by atoms with E-state index in [1.54, 1.807) is 0 Å². The van der Waals surface area contributed by atoms with E-state index < -0.39 is 0 Å². The first-order chi connectivity index (χ1) is 14.3. The van der Waals surface area contributed by atoms with Crippen LogP contribution in [0, 0.1) is 5.41 Å². The number of hydrogen-bond donors (Lipinski definition) is 2. The smallest absolute Gasteiger partial charge is 0.191 e. The summed E-state index contributed by atoms with van der Waals surface area (Å²) in [6.07, 6.45) is 12.3. The lowest BCUT2D eigenvalue weighted by Crippen LogP contribution is -2.68. The summed E-state index contributed by atoms with van der Waals surface area (Å²) in [5.74, 6) is 3.27. The van der Waals surface area contributed by atoms with Gasteiger partial charge in [0.2, 0.25) is 0 Å². The highest BCUT2D eigenvalue weighted by molar-refractivity contribution is 5.80. The molecule has 0 bridgehead atoms. The third-order valence-electron chi connectivity index (χ3n) is 7.11. The van der Waals surface area contributed by atoms with Crippen molar-refractivity contribution in [1.82, 2.24) is 25.4 Å². The molecule has 0 amide bonds. The molecule has 2 saturated carbocycles. The number of hydrogen-bond acceptors (Lipinski definition) is 4. The van der Waals surface area contributed by atoms with Gasteiger partial charge in [-0.15, -0.1) is 10.2 Å². The van der Waals surface area contributed by atoms with Crippen LogP contribution in [0.2, 0.25) is 0 Å². The van der Waals surface area contributed by atoms with Crippen LogP contribution in [-0.2, 0) is 24.1 Å². The Morgan fingerprint density at radius 1 is 1.21 bits per heavy atom. The van der Waals surface area contributed by atoms with Crippen LogP contribution in [0.1, 0.15) is 76.9 Å². The summed E-state index contributed by atoms with van der Waals surface area (Å²) in [6, 6.07) is 0.498. The van der Waals surface area contributed by atoms with Crippen molar-refractivity contribution in [3.05, 3.63) is 11.6 Å². The standard InChI is InChI=1S/C22H38N6O/c1-3-23-21(25-17-16-18(29-4-2)22(17)12-9-13-22)24-14-8-11-20-27-26-19-10-6-5-7-15-28(19)20/h17-18H,3-16H2,1-2H3,(H2,23,24,25). The van der Waals surface area contributed by atoms with Crippen molar-refractivity contribution >= 4 is 5.96 Å². The number of nitrogens with one attached hydrogen (secondary N) is 2. The molecular formula is C22H38N6O. The maximum atomic E-state index is 5.99. The van der Waals surface area contributed by atoms with Crippen LogP contribution < -0.4 is 10.6 Å². The predicted octanol–water partition coefficient (Wildman–Crippen LogP) is 2.84. The molecule has 1 aromatic heterocycles. The minimum Gasteiger partial charge on any atom is -0.378 e. The van der Waals surface area contributed by atoms with Gasteiger partial charge in [-0.1, -0.05) is 12.8 Å². The van der Waals surface area contributed by atoms with Crippen LogP contribution in [0.25, 0.3) is 0 Å². The van der Waals surface area contributed by atoms with E-state index in [2.05, 4.69) is 39.2 Å². The second-order valence-corrected chi connectivity index (χ2v) is 8.82.